The number of para-hydroxylation sites is 1. The van der Waals surface area contributed by atoms with E-state index in [0.29, 0.717) is 17.0 Å². The van der Waals surface area contributed by atoms with Crippen LogP contribution < -0.4 is 9.46 Å². The van der Waals surface area contributed by atoms with Crippen LogP contribution >= 0.6 is 12.4 Å². The third-order valence-electron chi connectivity index (χ3n) is 4.37. The highest BCUT2D eigenvalue weighted by Gasteiger charge is 2.25. The molecule has 0 amide bonds. The summed E-state index contributed by atoms with van der Waals surface area (Å²) in [7, 11) is -2.19. The Morgan fingerprint density at radius 1 is 1.00 bits per heavy atom. The zero-order valence-electron chi connectivity index (χ0n) is 16.4. The van der Waals surface area contributed by atoms with Crippen LogP contribution in [0.1, 0.15) is 21.9 Å². The Balaban J connectivity index is 0.00000320. The molecule has 1 aromatic heterocycles. The van der Waals surface area contributed by atoms with Crippen LogP contribution in [-0.4, -0.2) is 20.5 Å². The molecule has 3 rings (SSSR count). The summed E-state index contributed by atoms with van der Waals surface area (Å²) in [5.74, 6) is 0.661. The number of methoxy groups -OCH3 is 1. The Labute approximate surface area is 183 Å². The van der Waals surface area contributed by atoms with Crippen LogP contribution in [0.2, 0.25) is 0 Å². The number of halogens is 1. The van der Waals surface area contributed by atoms with Gasteiger partial charge in [0.05, 0.1) is 12.8 Å². The lowest BCUT2D eigenvalue weighted by Crippen LogP contribution is -2.20. The largest absolute Gasteiger partial charge is 0.497 e. The third-order valence-corrected chi connectivity index (χ3v) is 6.00. The summed E-state index contributed by atoms with van der Waals surface area (Å²) in [5.41, 5.74) is 2.83. The number of benzene rings is 2. The first-order valence-corrected chi connectivity index (χ1v) is 10.5. The first-order chi connectivity index (χ1) is 14.0. The Morgan fingerprint density at radius 2 is 1.67 bits per heavy atom. The topological polar surface area (TPSA) is 68.3 Å². The number of rotatable bonds is 8. The zero-order valence-corrected chi connectivity index (χ0v) is 18.1. The quantitative estimate of drug-likeness (QED) is 0.477. The van der Waals surface area contributed by atoms with Gasteiger partial charge in [0.2, 0.25) is 10.0 Å². The molecule has 0 spiro atoms. The van der Waals surface area contributed by atoms with Gasteiger partial charge in [-0.2, -0.15) is 0 Å². The van der Waals surface area contributed by atoms with E-state index >= 15 is 0 Å². The number of nitrogens with one attached hydrogen (secondary N) is 1. The molecule has 7 heteroatoms. The molecule has 1 heterocycles. The van der Waals surface area contributed by atoms with Crippen molar-refractivity contribution >= 4 is 40.3 Å². The predicted molar refractivity (Wildman–Crippen MR) is 125 cm³/mol. The van der Waals surface area contributed by atoms with Gasteiger partial charge >= 0.3 is 0 Å². The maximum Gasteiger partial charge on any atom is 0.243 e. The van der Waals surface area contributed by atoms with E-state index in [1.54, 1.807) is 55.9 Å². The number of anilines is 1. The van der Waals surface area contributed by atoms with E-state index in [2.05, 4.69) is 16.3 Å². The number of sulfonamides is 1. The van der Waals surface area contributed by atoms with Crippen molar-refractivity contribution in [2.24, 2.45) is 0 Å². The number of pyridine rings is 1. The second-order valence-corrected chi connectivity index (χ2v) is 8.08. The molecule has 1 atom stereocenters. The molecule has 3 aromatic rings. The minimum absolute atomic E-state index is 0. The van der Waals surface area contributed by atoms with Gasteiger partial charge in [0.15, 0.2) is 0 Å². The summed E-state index contributed by atoms with van der Waals surface area (Å²) in [6.07, 6.45) is 8.60. The van der Waals surface area contributed by atoms with E-state index in [1.807, 2.05) is 36.4 Å². The van der Waals surface area contributed by atoms with Crippen molar-refractivity contribution in [2.45, 2.75) is 5.25 Å². The molecule has 0 saturated heterocycles. The SMILES string of the molecule is C=CC(c1ccc(OC)cc1)S(=O)(=O)Nc1ccccc1C=Cc1ccncc1.Cl. The van der Waals surface area contributed by atoms with E-state index in [1.165, 1.54) is 6.08 Å². The molecular weight excluding hydrogens is 420 g/mol. The Hall–Kier alpha value is -3.09. The number of nitrogens with zero attached hydrogens (tertiary/aromatic N) is 1. The normalized spacial score (nSPS) is 12.0. The molecule has 0 aliphatic rings. The van der Waals surface area contributed by atoms with Crippen LogP contribution in [0, 0.1) is 0 Å². The van der Waals surface area contributed by atoms with Crippen molar-refractivity contribution in [1.82, 2.24) is 4.98 Å². The van der Waals surface area contributed by atoms with Gasteiger partial charge in [0.25, 0.3) is 0 Å². The molecule has 2 aromatic carbocycles. The van der Waals surface area contributed by atoms with Crippen molar-refractivity contribution in [1.29, 1.82) is 0 Å². The van der Waals surface area contributed by atoms with Gasteiger partial charge in [-0.25, -0.2) is 8.42 Å². The molecule has 0 bridgehead atoms. The molecule has 156 valence electrons. The van der Waals surface area contributed by atoms with Crippen LogP contribution in [0.3, 0.4) is 0 Å². The molecule has 0 saturated carbocycles. The standard InChI is InChI=1S/C23H22N2O3S.ClH/c1-3-23(20-10-12-21(28-2)13-11-20)29(26,27)25-22-7-5-4-6-19(22)9-8-18-14-16-24-17-15-18;/h3-17,23,25H,1H2,2H3;1H. The monoisotopic (exact) mass is 442 g/mol. The van der Waals surface area contributed by atoms with E-state index in [-0.39, 0.29) is 12.4 Å². The molecule has 30 heavy (non-hydrogen) atoms. The average Bonchev–Trinajstić information content (AvgIpc) is 2.74. The summed E-state index contributed by atoms with van der Waals surface area (Å²) in [6.45, 7) is 3.72. The first kappa shape index (κ1) is 23.2. The molecule has 0 radical (unpaired) electrons. The second kappa shape index (κ2) is 10.6. The van der Waals surface area contributed by atoms with Crippen LogP contribution in [0.4, 0.5) is 5.69 Å². The smallest absolute Gasteiger partial charge is 0.243 e. The fourth-order valence-corrected chi connectivity index (χ4v) is 4.24. The van der Waals surface area contributed by atoms with Gasteiger partial charge < -0.3 is 4.74 Å². The molecule has 0 fully saturated rings. The number of ether oxygens (including phenoxy) is 1. The maximum absolute atomic E-state index is 13.1. The predicted octanol–water partition coefficient (Wildman–Crippen LogP) is 5.35. The van der Waals surface area contributed by atoms with Crippen molar-refractivity contribution < 1.29 is 13.2 Å². The fraction of sp³-hybridized carbons (Fsp3) is 0.0870. The highest BCUT2D eigenvalue weighted by Crippen LogP contribution is 2.29. The van der Waals surface area contributed by atoms with Crippen LogP contribution in [0.5, 0.6) is 5.75 Å². The van der Waals surface area contributed by atoms with Crippen LogP contribution in [0.15, 0.2) is 85.7 Å². The zero-order chi connectivity index (χ0) is 20.7. The Bertz CT molecular complexity index is 1100. The second-order valence-electron chi connectivity index (χ2n) is 6.28. The molecule has 5 nitrogen and oxygen atoms in total. The minimum atomic E-state index is -3.76. The maximum atomic E-state index is 13.1. The summed E-state index contributed by atoms with van der Waals surface area (Å²) >= 11 is 0. The van der Waals surface area contributed by atoms with Crippen molar-refractivity contribution in [3.63, 3.8) is 0 Å². The number of hydrogen-bond donors (Lipinski definition) is 1. The summed E-state index contributed by atoms with van der Waals surface area (Å²) in [5, 5.41) is -0.898. The molecule has 0 aliphatic heterocycles. The van der Waals surface area contributed by atoms with Crippen molar-refractivity contribution in [3.05, 3.63) is 102 Å². The molecule has 0 aliphatic carbocycles. The van der Waals surface area contributed by atoms with Gasteiger partial charge in [0.1, 0.15) is 11.0 Å². The van der Waals surface area contributed by atoms with Gasteiger partial charge in [0, 0.05) is 12.4 Å². The van der Waals surface area contributed by atoms with Gasteiger partial charge in [-0.3, -0.25) is 9.71 Å². The van der Waals surface area contributed by atoms with Crippen LogP contribution in [0.25, 0.3) is 12.2 Å². The first-order valence-electron chi connectivity index (χ1n) is 8.99. The number of aromatic nitrogens is 1. The lowest BCUT2D eigenvalue weighted by atomic mass is 10.1. The summed E-state index contributed by atoms with van der Waals surface area (Å²) in [4.78, 5) is 3.99. The highest BCUT2D eigenvalue weighted by atomic mass is 35.5. The molecule has 1 unspecified atom stereocenters. The molecular formula is C23H23ClN2O3S. The van der Waals surface area contributed by atoms with E-state index in [4.69, 9.17) is 4.74 Å². The fourth-order valence-electron chi connectivity index (χ4n) is 2.85. The highest BCUT2D eigenvalue weighted by molar-refractivity contribution is 7.93. The van der Waals surface area contributed by atoms with E-state index < -0.39 is 15.3 Å². The van der Waals surface area contributed by atoms with Gasteiger partial charge in [-0.05, 0) is 47.0 Å². The Morgan fingerprint density at radius 3 is 2.30 bits per heavy atom. The van der Waals surface area contributed by atoms with Gasteiger partial charge in [-0.15, -0.1) is 19.0 Å². The van der Waals surface area contributed by atoms with Crippen LogP contribution in [-0.2, 0) is 10.0 Å². The summed E-state index contributed by atoms with van der Waals surface area (Å²) in [6, 6.07) is 17.9. The van der Waals surface area contributed by atoms with E-state index in [9.17, 15) is 8.42 Å². The van der Waals surface area contributed by atoms with E-state index in [0.717, 1.165) is 11.1 Å². The summed E-state index contributed by atoms with van der Waals surface area (Å²) < 4.78 is 34.0. The third kappa shape index (κ3) is 5.72. The van der Waals surface area contributed by atoms with Crippen molar-refractivity contribution in [2.75, 3.05) is 11.8 Å². The average molecular weight is 443 g/mol. The van der Waals surface area contributed by atoms with Gasteiger partial charge in [-0.1, -0.05) is 48.6 Å². The lowest BCUT2D eigenvalue weighted by molar-refractivity contribution is 0.414. The van der Waals surface area contributed by atoms with Crippen molar-refractivity contribution in [3.8, 4) is 5.75 Å². The number of hydrogen-bond acceptors (Lipinski definition) is 4. The molecule has 1 N–H and O–H groups in total. The lowest BCUT2D eigenvalue weighted by Gasteiger charge is -2.17. The minimum Gasteiger partial charge on any atom is -0.497 e. The Kier molecular flexibility index (Phi) is 8.21.